The Balaban J connectivity index is 2.18. The average Bonchev–Trinajstić information content (AvgIpc) is 3.36. The van der Waals surface area contributed by atoms with Gasteiger partial charge in [0.1, 0.15) is 23.9 Å². The quantitative estimate of drug-likeness (QED) is 0.595. The second-order valence-electron chi connectivity index (χ2n) is 8.79. The number of Topliss-reactive ketones (excluding diaryl/α,β-unsaturated/α-hetero) is 1. The molecule has 0 aromatic carbocycles. The second-order valence-corrected chi connectivity index (χ2v) is 8.79. The number of likely N-dealkylation sites (tertiary alicyclic amines) is 1. The van der Waals surface area contributed by atoms with Crippen molar-refractivity contribution in [2.75, 3.05) is 6.54 Å². The van der Waals surface area contributed by atoms with E-state index in [9.17, 15) is 32.3 Å². The van der Waals surface area contributed by atoms with Crippen LogP contribution in [-0.4, -0.2) is 64.4 Å². The van der Waals surface area contributed by atoms with Gasteiger partial charge in [0, 0.05) is 6.54 Å². The summed E-state index contributed by atoms with van der Waals surface area (Å²) in [7, 11) is 0. The molecule has 3 atom stereocenters. The number of nitrogens with zero attached hydrogens (tertiary/aromatic N) is 2. The Hall–Kier alpha value is -2.92. The Labute approximate surface area is 189 Å². The summed E-state index contributed by atoms with van der Waals surface area (Å²) in [6.45, 7) is 7.98. The minimum absolute atomic E-state index is 0.162. The summed E-state index contributed by atoms with van der Waals surface area (Å²) < 4.78 is 43.6. The Kier molecular flexibility index (Phi) is 8.25. The molecule has 1 aliphatic rings. The maximum absolute atomic E-state index is 13.2. The number of alkyl halides is 3. The van der Waals surface area contributed by atoms with Gasteiger partial charge in [-0.1, -0.05) is 32.9 Å². The van der Waals surface area contributed by atoms with Crippen LogP contribution in [0.15, 0.2) is 10.8 Å². The Bertz CT molecular complexity index is 897. The SMILES string of the molecule is Cc1nocc1C(=O)N[C@H](C(=O)N1CCC[C@H]1C(=O)N[C@H](C(=O)C(F)(F)F)C(C)C)C(C)C. The molecule has 1 aliphatic heterocycles. The van der Waals surface area contributed by atoms with Crippen molar-refractivity contribution in [2.24, 2.45) is 11.8 Å². The summed E-state index contributed by atoms with van der Waals surface area (Å²) >= 11 is 0. The van der Waals surface area contributed by atoms with Gasteiger partial charge in [-0.15, -0.1) is 0 Å². The maximum atomic E-state index is 13.2. The van der Waals surface area contributed by atoms with Gasteiger partial charge in [0.05, 0.1) is 11.7 Å². The predicted molar refractivity (Wildman–Crippen MR) is 110 cm³/mol. The van der Waals surface area contributed by atoms with Crippen molar-refractivity contribution in [3.63, 3.8) is 0 Å². The van der Waals surface area contributed by atoms with Crippen molar-refractivity contribution in [3.8, 4) is 0 Å². The van der Waals surface area contributed by atoms with Crippen LogP contribution in [0.2, 0.25) is 0 Å². The highest BCUT2D eigenvalue weighted by molar-refractivity contribution is 5.99. The normalized spacial score (nSPS) is 18.4. The number of ketones is 1. The lowest BCUT2D eigenvalue weighted by molar-refractivity contribution is -0.175. The molecule has 2 N–H and O–H groups in total. The first-order chi connectivity index (χ1) is 15.3. The molecule has 0 saturated carbocycles. The van der Waals surface area contributed by atoms with Gasteiger partial charge in [-0.2, -0.15) is 13.2 Å². The Morgan fingerprint density at radius 3 is 2.18 bits per heavy atom. The molecular weight excluding hydrogens is 445 g/mol. The lowest BCUT2D eigenvalue weighted by atomic mass is 9.98. The van der Waals surface area contributed by atoms with Gasteiger partial charge in [0.25, 0.3) is 11.7 Å². The van der Waals surface area contributed by atoms with Gasteiger partial charge in [0.2, 0.25) is 11.8 Å². The summed E-state index contributed by atoms with van der Waals surface area (Å²) in [5, 5.41) is 8.44. The highest BCUT2D eigenvalue weighted by Crippen LogP contribution is 2.24. The van der Waals surface area contributed by atoms with Crippen molar-refractivity contribution in [2.45, 2.75) is 71.8 Å². The Morgan fingerprint density at radius 2 is 1.70 bits per heavy atom. The van der Waals surface area contributed by atoms with E-state index in [2.05, 4.69) is 15.8 Å². The number of carbonyl (C=O) groups excluding carboxylic acids is 4. The number of hydrogen-bond donors (Lipinski definition) is 2. The van der Waals surface area contributed by atoms with E-state index < -0.39 is 53.7 Å². The van der Waals surface area contributed by atoms with Gasteiger partial charge in [-0.05, 0) is 31.6 Å². The summed E-state index contributed by atoms with van der Waals surface area (Å²) in [6.07, 6.45) is -3.26. The zero-order valence-electron chi connectivity index (χ0n) is 19.2. The minimum Gasteiger partial charge on any atom is -0.364 e. The molecule has 1 aromatic heterocycles. The van der Waals surface area contributed by atoms with Crippen LogP contribution >= 0.6 is 0 Å². The van der Waals surface area contributed by atoms with Crippen LogP contribution in [0.5, 0.6) is 0 Å². The van der Waals surface area contributed by atoms with E-state index in [1.165, 1.54) is 18.7 Å². The van der Waals surface area contributed by atoms with E-state index in [0.29, 0.717) is 12.1 Å². The number of hydrogen-bond acceptors (Lipinski definition) is 6. The average molecular weight is 474 g/mol. The third-order valence-electron chi connectivity index (χ3n) is 5.58. The molecule has 12 heteroatoms. The largest absolute Gasteiger partial charge is 0.452 e. The fourth-order valence-electron chi connectivity index (χ4n) is 3.69. The van der Waals surface area contributed by atoms with Crippen LogP contribution in [0.1, 0.15) is 56.6 Å². The maximum Gasteiger partial charge on any atom is 0.452 e. The molecule has 2 rings (SSSR count). The predicted octanol–water partition coefficient (Wildman–Crippen LogP) is 2.00. The van der Waals surface area contributed by atoms with Crippen molar-refractivity contribution >= 4 is 23.5 Å². The van der Waals surface area contributed by atoms with E-state index in [1.54, 1.807) is 20.8 Å². The fraction of sp³-hybridized carbons (Fsp3) is 0.667. The molecule has 0 unspecified atom stereocenters. The van der Waals surface area contributed by atoms with E-state index in [0.717, 1.165) is 6.26 Å². The summed E-state index contributed by atoms with van der Waals surface area (Å²) in [4.78, 5) is 51.6. The molecule has 0 aliphatic carbocycles. The van der Waals surface area contributed by atoms with E-state index in [-0.39, 0.29) is 24.4 Å². The number of aryl methyl sites for hydroxylation is 1. The number of aromatic nitrogens is 1. The van der Waals surface area contributed by atoms with E-state index in [1.807, 2.05) is 0 Å². The topological polar surface area (TPSA) is 122 Å². The van der Waals surface area contributed by atoms with Crippen molar-refractivity contribution in [3.05, 3.63) is 17.5 Å². The molecule has 2 heterocycles. The molecule has 0 radical (unpaired) electrons. The van der Waals surface area contributed by atoms with Gasteiger partial charge >= 0.3 is 6.18 Å². The lowest BCUT2D eigenvalue weighted by Crippen LogP contribution is -2.58. The first kappa shape index (κ1) is 26.3. The third kappa shape index (κ3) is 6.11. The molecule has 184 valence electrons. The second kappa shape index (κ2) is 10.3. The highest BCUT2D eigenvalue weighted by atomic mass is 19.4. The monoisotopic (exact) mass is 474 g/mol. The van der Waals surface area contributed by atoms with Gasteiger partial charge in [-0.25, -0.2) is 0 Å². The molecule has 1 fully saturated rings. The number of rotatable bonds is 8. The lowest BCUT2D eigenvalue weighted by Gasteiger charge is -2.31. The standard InChI is InChI=1S/C21H29F3N4O5/c1-10(2)15(17(29)21(22,23)24)25-19(31)14-7-6-8-28(14)20(32)16(11(3)4)26-18(30)13-9-33-27-12(13)5/h9-11,14-16H,6-8H2,1-5H3,(H,25,31)(H,26,30)/t14-,15-,16-/m0/s1. The first-order valence-electron chi connectivity index (χ1n) is 10.7. The van der Waals surface area contributed by atoms with E-state index >= 15 is 0 Å². The van der Waals surface area contributed by atoms with Crippen LogP contribution in [0.4, 0.5) is 13.2 Å². The van der Waals surface area contributed by atoms with Crippen molar-refractivity contribution < 1.29 is 36.9 Å². The zero-order valence-corrected chi connectivity index (χ0v) is 19.2. The van der Waals surface area contributed by atoms with Crippen molar-refractivity contribution in [1.29, 1.82) is 0 Å². The fourth-order valence-corrected chi connectivity index (χ4v) is 3.69. The third-order valence-corrected chi connectivity index (χ3v) is 5.58. The number of carbonyl (C=O) groups is 4. The van der Waals surface area contributed by atoms with Crippen LogP contribution in [0.25, 0.3) is 0 Å². The molecule has 33 heavy (non-hydrogen) atoms. The molecular formula is C21H29F3N4O5. The van der Waals surface area contributed by atoms with Crippen LogP contribution in [0, 0.1) is 18.8 Å². The summed E-state index contributed by atoms with van der Waals surface area (Å²) in [6, 6.07) is -3.79. The Morgan fingerprint density at radius 1 is 1.09 bits per heavy atom. The highest BCUT2D eigenvalue weighted by Gasteiger charge is 2.46. The summed E-state index contributed by atoms with van der Waals surface area (Å²) in [5.41, 5.74) is 0.504. The zero-order chi connectivity index (χ0) is 25.1. The number of nitrogens with one attached hydrogen (secondary N) is 2. The number of halogens is 3. The van der Waals surface area contributed by atoms with Crippen LogP contribution in [0.3, 0.4) is 0 Å². The molecule has 1 saturated heterocycles. The van der Waals surface area contributed by atoms with Crippen LogP contribution in [-0.2, 0) is 14.4 Å². The van der Waals surface area contributed by atoms with Gasteiger partial charge in [0.15, 0.2) is 0 Å². The molecule has 9 nitrogen and oxygen atoms in total. The molecule has 0 bridgehead atoms. The van der Waals surface area contributed by atoms with E-state index in [4.69, 9.17) is 4.52 Å². The summed E-state index contributed by atoms with van der Waals surface area (Å²) in [5.74, 6) is -5.13. The smallest absolute Gasteiger partial charge is 0.364 e. The minimum atomic E-state index is -5.10. The number of amides is 3. The molecule has 0 spiro atoms. The molecule has 3 amide bonds. The van der Waals surface area contributed by atoms with Gasteiger partial charge < -0.3 is 20.1 Å². The van der Waals surface area contributed by atoms with Crippen LogP contribution < -0.4 is 10.6 Å². The first-order valence-corrected chi connectivity index (χ1v) is 10.7. The molecule has 1 aromatic rings. The van der Waals surface area contributed by atoms with Gasteiger partial charge in [-0.3, -0.25) is 19.2 Å². The van der Waals surface area contributed by atoms with Crippen molar-refractivity contribution in [1.82, 2.24) is 20.7 Å².